The van der Waals surface area contributed by atoms with E-state index in [0.29, 0.717) is 6.04 Å². The molecule has 3 heteroatoms. The Kier molecular flexibility index (Phi) is 3.42. The molecule has 0 aliphatic heterocycles. The second kappa shape index (κ2) is 5.04. The average Bonchev–Trinajstić information content (AvgIpc) is 3.02. The maximum Gasteiger partial charge on any atom is 0.0522 e. The molecule has 1 aromatic rings. The number of rotatable bonds is 5. The van der Waals surface area contributed by atoms with E-state index in [2.05, 4.69) is 35.0 Å². The van der Waals surface area contributed by atoms with E-state index < -0.39 is 0 Å². The molecular formula is C15H25N3. The molecule has 1 N–H and O–H groups in total. The molecule has 2 saturated carbocycles. The van der Waals surface area contributed by atoms with E-state index in [-0.39, 0.29) is 0 Å². The van der Waals surface area contributed by atoms with Crippen LogP contribution in [0.2, 0.25) is 0 Å². The zero-order valence-electron chi connectivity index (χ0n) is 11.6. The van der Waals surface area contributed by atoms with Crippen LogP contribution in [-0.2, 0) is 13.1 Å². The lowest BCUT2D eigenvalue weighted by molar-refractivity contribution is 0.281. The Morgan fingerprint density at radius 2 is 2.28 bits per heavy atom. The molecule has 3 atom stereocenters. The van der Waals surface area contributed by atoms with Crippen molar-refractivity contribution in [1.82, 2.24) is 15.1 Å². The van der Waals surface area contributed by atoms with Crippen LogP contribution >= 0.6 is 0 Å². The Bertz CT molecular complexity index is 396. The van der Waals surface area contributed by atoms with Gasteiger partial charge in [0, 0.05) is 25.3 Å². The molecule has 0 saturated heterocycles. The molecule has 2 bridgehead atoms. The molecular weight excluding hydrogens is 222 g/mol. The van der Waals surface area contributed by atoms with Crippen LogP contribution in [0.25, 0.3) is 0 Å². The smallest absolute Gasteiger partial charge is 0.0522 e. The van der Waals surface area contributed by atoms with Crippen LogP contribution in [0.3, 0.4) is 0 Å². The summed E-state index contributed by atoms with van der Waals surface area (Å²) in [6.45, 7) is 6.47. The molecule has 2 fully saturated rings. The summed E-state index contributed by atoms with van der Waals surface area (Å²) in [5.41, 5.74) is 1.34. The van der Waals surface area contributed by atoms with Crippen molar-refractivity contribution in [3.8, 4) is 0 Å². The number of fused-ring (bicyclic) bond motifs is 2. The van der Waals surface area contributed by atoms with Gasteiger partial charge >= 0.3 is 0 Å². The molecule has 2 aliphatic carbocycles. The van der Waals surface area contributed by atoms with Crippen molar-refractivity contribution in [1.29, 1.82) is 0 Å². The fourth-order valence-electron chi connectivity index (χ4n) is 3.81. The van der Waals surface area contributed by atoms with Gasteiger partial charge in [-0.2, -0.15) is 5.10 Å². The second-order valence-corrected chi connectivity index (χ2v) is 6.48. The summed E-state index contributed by atoms with van der Waals surface area (Å²) in [7, 11) is 0. The summed E-state index contributed by atoms with van der Waals surface area (Å²) in [5.74, 6) is 2.92. The number of nitrogens with one attached hydrogen (secondary N) is 1. The highest BCUT2D eigenvalue weighted by atomic mass is 15.3. The molecule has 18 heavy (non-hydrogen) atoms. The van der Waals surface area contributed by atoms with Gasteiger partial charge in [0.1, 0.15) is 0 Å². The van der Waals surface area contributed by atoms with Crippen molar-refractivity contribution in [2.75, 3.05) is 0 Å². The van der Waals surface area contributed by atoms with Crippen LogP contribution < -0.4 is 5.32 Å². The van der Waals surface area contributed by atoms with E-state index in [1.165, 1.54) is 31.4 Å². The maximum atomic E-state index is 4.52. The minimum Gasteiger partial charge on any atom is -0.309 e. The topological polar surface area (TPSA) is 29.9 Å². The van der Waals surface area contributed by atoms with Gasteiger partial charge in [0.2, 0.25) is 0 Å². The fraction of sp³-hybridized carbons (Fsp3) is 0.800. The van der Waals surface area contributed by atoms with Crippen LogP contribution in [-0.4, -0.2) is 15.8 Å². The van der Waals surface area contributed by atoms with Crippen molar-refractivity contribution in [2.24, 2.45) is 17.8 Å². The second-order valence-electron chi connectivity index (χ2n) is 6.48. The minimum atomic E-state index is 0.538. The van der Waals surface area contributed by atoms with Crippen molar-refractivity contribution < 1.29 is 0 Å². The van der Waals surface area contributed by atoms with Gasteiger partial charge < -0.3 is 5.32 Å². The van der Waals surface area contributed by atoms with Crippen LogP contribution in [0.1, 0.15) is 45.2 Å². The first-order valence-electron chi connectivity index (χ1n) is 7.46. The molecule has 1 aromatic heterocycles. The summed E-state index contributed by atoms with van der Waals surface area (Å²) < 4.78 is 2.24. The minimum absolute atomic E-state index is 0.538. The Morgan fingerprint density at radius 1 is 1.39 bits per heavy atom. The molecule has 0 amide bonds. The van der Waals surface area contributed by atoms with Gasteiger partial charge in [0.15, 0.2) is 0 Å². The number of nitrogens with zero attached hydrogens (tertiary/aromatic N) is 2. The molecule has 3 unspecified atom stereocenters. The number of hydrogen-bond donors (Lipinski definition) is 1. The quantitative estimate of drug-likeness (QED) is 0.867. The monoisotopic (exact) mass is 247 g/mol. The molecule has 0 aromatic carbocycles. The van der Waals surface area contributed by atoms with Gasteiger partial charge in [0.25, 0.3) is 0 Å². The Morgan fingerprint density at radius 3 is 2.94 bits per heavy atom. The Labute approximate surface area is 110 Å². The molecule has 100 valence electrons. The lowest BCUT2D eigenvalue weighted by Gasteiger charge is -2.22. The van der Waals surface area contributed by atoms with Crippen molar-refractivity contribution in [2.45, 2.75) is 58.7 Å². The first kappa shape index (κ1) is 12.2. The summed E-state index contributed by atoms with van der Waals surface area (Å²) in [6.07, 6.45) is 7.84. The molecule has 0 radical (unpaired) electrons. The van der Waals surface area contributed by atoms with Crippen LogP contribution in [0, 0.1) is 17.8 Å². The van der Waals surface area contributed by atoms with Gasteiger partial charge in [-0.3, -0.25) is 4.68 Å². The summed E-state index contributed by atoms with van der Waals surface area (Å²) >= 11 is 0. The molecule has 3 rings (SSSR count). The standard InChI is InChI=1S/C15H25N3/c1-11(2)16-9-15-5-6-17-18(15)10-14-8-12-3-4-13(14)7-12/h5-6,11-14,16H,3-4,7-10H2,1-2H3. The third-order valence-corrected chi connectivity index (χ3v) is 4.79. The third-order valence-electron chi connectivity index (χ3n) is 4.79. The highest BCUT2D eigenvalue weighted by Crippen LogP contribution is 2.48. The number of hydrogen-bond acceptors (Lipinski definition) is 2. The first-order chi connectivity index (χ1) is 8.72. The van der Waals surface area contributed by atoms with Gasteiger partial charge in [-0.05, 0) is 43.1 Å². The number of aromatic nitrogens is 2. The van der Waals surface area contributed by atoms with Gasteiger partial charge in [-0.15, -0.1) is 0 Å². The molecule has 2 aliphatic rings. The van der Waals surface area contributed by atoms with Crippen LogP contribution in [0.5, 0.6) is 0 Å². The summed E-state index contributed by atoms with van der Waals surface area (Å²) in [5, 5.41) is 8.00. The lowest BCUT2D eigenvalue weighted by atomic mass is 9.89. The fourth-order valence-corrected chi connectivity index (χ4v) is 3.81. The van der Waals surface area contributed by atoms with Gasteiger partial charge in [-0.1, -0.05) is 20.3 Å². The van der Waals surface area contributed by atoms with Gasteiger partial charge in [0.05, 0.1) is 5.69 Å². The average molecular weight is 247 g/mol. The molecule has 0 spiro atoms. The van der Waals surface area contributed by atoms with Crippen LogP contribution in [0.15, 0.2) is 12.3 Å². The summed E-state index contributed by atoms with van der Waals surface area (Å²) in [4.78, 5) is 0. The highest BCUT2D eigenvalue weighted by Gasteiger charge is 2.39. The van der Waals surface area contributed by atoms with E-state index in [4.69, 9.17) is 0 Å². The van der Waals surface area contributed by atoms with Crippen molar-refractivity contribution >= 4 is 0 Å². The normalized spacial score (nSPS) is 30.5. The van der Waals surface area contributed by atoms with E-state index in [9.17, 15) is 0 Å². The van der Waals surface area contributed by atoms with Crippen molar-refractivity contribution in [3.05, 3.63) is 18.0 Å². The lowest BCUT2D eigenvalue weighted by Crippen LogP contribution is -2.25. The zero-order chi connectivity index (χ0) is 12.5. The third kappa shape index (κ3) is 2.46. The summed E-state index contributed by atoms with van der Waals surface area (Å²) in [6, 6.07) is 2.69. The van der Waals surface area contributed by atoms with E-state index in [0.717, 1.165) is 30.8 Å². The SMILES string of the molecule is CC(C)NCc1ccnn1CC1CC2CCC1C2. The largest absolute Gasteiger partial charge is 0.309 e. The van der Waals surface area contributed by atoms with E-state index in [1.807, 2.05) is 6.20 Å². The first-order valence-corrected chi connectivity index (χ1v) is 7.46. The van der Waals surface area contributed by atoms with Crippen LogP contribution in [0.4, 0.5) is 0 Å². The van der Waals surface area contributed by atoms with E-state index in [1.54, 1.807) is 0 Å². The van der Waals surface area contributed by atoms with Crippen molar-refractivity contribution in [3.63, 3.8) is 0 Å². The zero-order valence-corrected chi connectivity index (χ0v) is 11.6. The molecule has 1 heterocycles. The predicted molar refractivity (Wildman–Crippen MR) is 73.1 cm³/mol. The van der Waals surface area contributed by atoms with Gasteiger partial charge in [-0.25, -0.2) is 0 Å². The highest BCUT2D eigenvalue weighted by molar-refractivity contribution is 5.01. The predicted octanol–water partition coefficient (Wildman–Crippen LogP) is 2.82. The Balaban J connectivity index is 1.61. The maximum absolute atomic E-state index is 4.52. The molecule has 3 nitrogen and oxygen atoms in total. The Hall–Kier alpha value is -0.830. The van der Waals surface area contributed by atoms with E-state index >= 15 is 0 Å².